The van der Waals surface area contributed by atoms with Gasteiger partial charge >= 0.3 is 0 Å². The van der Waals surface area contributed by atoms with Crippen LogP contribution in [-0.4, -0.2) is 47.9 Å². The van der Waals surface area contributed by atoms with Gasteiger partial charge in [0.1, 0.15) is 0 Å². The number of aliphatic hydroxyl groups is 1. The Hall–Kier alpha value is -0.750. The quantitative estimate of drug-likeness (QED) is 0.841. The lowest BCUT2D eigenvalue weighted by Gasteiger charge is -2.37. The molecule has 1 aromatic carbocycles. The molecule has 2 N–H and O–H groups in total. The molecule has 1 saturated heterocycles. The molecule has 21 heavy (non-hydrogen) atoms. The van der Waals surface area contributed by atoms with E-state index in [9.17, 15) is 4.79 Å². The number of carbonyl (C=O) groups is 1. The van der Waals surface area contributed by atoms with Gasteiger partial charge in [0.05, 0.1) is 29.4 Å². The maximum Gasteiger partial charge on any atom is 0.252 e. The number of halogens is 1. The van der Waals surface area contributed by atoms with E-state index < -0.39 is 0 Å². The fourth-order valence-corrected chi connectivity index (χ4v) is 3.82. The second-order valence-electron chi connectivity index (χ2n) is 5.03. The monoisotopic (exact) mass is 329 g/mol. The van der Waals surface area contributed by atoms with Crippen LogP contribution in [0.25, 0.3) is 0 Å². The van der Waals surface area contributed by atoms with Crippen LogP contribution in [0.4, 0.5) is 0 Å². The molecule has 1 aliphatic rings. The Balaban J connectivity index is 1.98. The summed E-state index contributed by atoms with van der Waals surface area (Å²) >= 11 is 7.92. The van der Waals surface area contributed by atoms with E-state index in [0.717, 1.165) is 24.3 Å². The zero-order valence-corrected chi connectivity index (χ0v) is 13.4. The molecular formula is C15H20ClNO3S. The maximum absolute atomic E-state index is 12.2. The van der Waals surface area contributed by atoms with Crippen molar-refractivity contribution in [2.45, 2.75) is 18.4 Å². The van der Waals surface area contributed by atoms with Crippen molar-refractivity contribution in [3.8, 4) is 0 Å². The molecule has 0 spiro atoms. The zero-order chi connectivity index (χ0) is 15.1. The van der Waals surface area contributed by atoms with Crippen molar-refractivity contribution < 1.29 is 14.6 Å². The number of amides is 1. The highest BCUT2D eigenvalue weighted by Gasteiger charge is 2.33. The van der Waals surface area contributed by atoms with E-state index in [2.05, 4.69) is 5.32 Å². The summed E-state index contributed by atoms with van der Waals surface area (Å²) in [5.41, 5.74) is 0.104. The van der Waals surface area contributed by atoms with Gasteiger partial charge in [0.2, 0.25) is 0 Å². The van der Waals surface area contributed by atoms with Crippen molar-refractivity contribution in [1.82, 2.24) is 5.32 Å². The van der Waals surface area contributed by atoms with Crippen LogP contribution < -0.4 is 5.32 Å². The standard InChI is InChI=1S/C15H20ClNO3S/c16-13-4-2-1-3-12(13)14(19)17-11-15(20-8-7-18)5-9-21-10-6-15/h1-4,18H,5-11H2,(H,17,19). The number of hydrogen-bond acceptors (Lipinski definition) is 4. The molecule has 0 saturated carbocycles. The van der Waals surface area contributed by atoms with E-state index in [1.54, 1.807) is 24.3 Å². The number of rotatable bonds is 6. The van der Waals surface area contributed by atoms with Crippen LogP contribution in [0.3, 0.4) is 0 Å². The van der Waals surface area contributed by atoms with Crippen molar-refractivity contribution in [2.24, 2.45) is 0 Å². The summed E-state index contributed by atoms with van der Waals surface area (Å²) in [6, 6.07) is 6.99. The fraction of sp³-hybridized carbons (Fsp3) is 0.533. The van der Waals surface area contributed by atoms with Gasteiger partial charge in [-0.3, -0.25) is 4.79 Å². The topological polar surface area (TPSA) is 58.6 Å². The van der Waals surface area contributed by atoms with Crippen molar-refractivity contribution in [3.05, 3.63) is 34.9 Å². The summed E-state index contributed by atoms with van der Waals surface area (Å²) in [5, 5.41) is 12.3. The Morgan fingerprint density at radius 2 is 2.10 bits per heavy atom. The predicted octanol–water partition coefficient (Wildman–Crippen LogP) is 2.34. The van der Waals surface area contributed by atoms with Crippen molar-refractivity contribution in [1.29, 1.82) is 0 Å². The predicted molar refractivity (Wildman–Crippen MR) is 86.1 cm³/mol. The third kappa shape index (κ3) is 4.61. The summed E-state index contributed by atoms with van der Waals surface area (Å²) in [5.74, 6) is 1.83. The molecule has 0 unspecified atom stereocenters. The smallest absolute Gasteiger partial charge is 0.252 e. The maximum atomic E-state index is 12.2. The van der Waals surface area contributed by atoms with Crippen molar-refractivity contribution >= 4 is 29.3 Å². The highest BCUT2D eigenvalue weighted by molar-refractivity contribution is 7.99. The Morgan fingerprint density at radius 1 is 1.38 bits per heavy atom. The molecule has 0 aliphatic carbocycles. The van der Waals surface area contributed by atoms with E-state index in [1.165, 1.54) is 0 Å². The largest absolute Gasteiger partial charge is 0.394 e. The van der Waals surface area contributed by atoms with E-state index in [-0.39, 0.29) is 18.1 Å². The molecule has 1 aromatic rings. The zero-order valence-electron chi connectivity index (χ0n) is 11.8. The van der Waals surface area contributed by atoms with Crippen LogP contribution in [0.1, 0.15) is 23.2 Å². The normalized spacial score (nSPS) is 17.4. The number of hydrogen-bond donors (Lipinski definition) is 2. The third-order valence-corrected chi connectivity index (χ3v) is 4.91. The van der Waals surface area contributed by atoms with E-state index in [0.29, 0.717) is 23.7 Å². The van der Waals surface area contributed by atoms with Gasteiger partial charge in [0.15, 0.2) is 0 Å². The molecule has 0 atom stereocenters. The van der Waals surface area contributed by atoms with E-state index >= 15 is 0 Å². The summed E-state index contributed by atoms with van der Waals surface area (Å²) in [7, 11) is 0. The minimum Gasteiger partial charge on any atom is -0.394 e. The van der Waals surface area contributed by atoms with Crippen LogP contribution in [0.2, 0.25) is 5.02 Å². The lowest BCUT2D eigenvalue weighted by molar-refractivity contribution is -0.0608. The number of ether oxygens (including phenoxy) is 1. The van der Waals surface area contributed by atoms with E-state index in [1.807, 2.05) is 11.8 Å². The number of thioether (sulfide) groups is 1. The summed E-state index contributed by atoms with van der Waals surface area (Å²) in [4.78, 5) is 12.2. The molecule has 0 aromatic heterocycles. The lowest BCUT2D eigenvalue weighted by Crippen LogP contribution is -2.48. The minimum atomic E-state index is -0.370. The van der Waals surface area contributed by atoms with Gasteiger partial charge in [-0.15, -0.1) is 0 Å². The summed E-state index contributed by atoms with van der Waals surface area (Å²) in [6.07, 6.45) is 1.75. The van der Waals surface area contributed by atoms with Gasteiger partial charge in [-0.25, -0.2) is 0 Å². The highest BCUT2D eigenvalue weighted by atomic mass is 35.5. The molecular weight excluding hydrogens is 310 g/mol. The van der Waals surface area contributed by atoms with Crippen LogP contribution in [-0.2, 0) is 4.74 Å². The second-order valence-corrected chi connectivity index (χ2v) is 6.66. The average Bonchev–Trinajstić information content (AvgIpc) is 2.52. The lowest BCUT2D eigenvalue weighted by atomic mass is 9.96. The van der Waals surface area contributed by atoms with Crippen LogP contribution in [0.5, 0.6) is 0 Å². The SMILES string of the molecule is O=C(NCC1(OCCO)CCSCC1)c1ccccc1Cl. The molecule has 0 radical (unpaired) electrons. The number of nitrogens with one attached hydrogen (secondary N) is 1. The molecule has 1 amide bonds. The van der Waals surface area contributed by atoms with Crippen LogP contribution >= 0.6 is 23.4 Å². The summed E-state index contributed by atoms with van der Waals surface area (Å²) in [6.45, 7) is 0.734. The summed E-state index contributed by atoms with van der Waals surface area (Å²) < 4.78 is 5.83. The molecule has 2 rings (SSSR count). The van der Waals surface area contributed by atoms with Crippen LogP contribution in [0.15, 0.2) is 24.3 Å². The second kappa shape index (κ2) is 8.03. The first-order valence-electron chi connectivity index (χ1n) is 7.02. The molecule has 1 aliphatic heterocycles. The first-order chi connectivity index (χ1) is 10.2. The molecule has 6 heteroatoms. The van der Waals surface area contributed by atoms with Gasteiger partial charge in [0, 0.05) is 6.54 Å². The minimum absolute atomic E-state index is 0.00659. The Labute approximate surface area is 134 Å². The van der Waals surface area contributed by atoms with Gasteiger partial charge in [-0.1, -0.05) is 23.7 Å². The molecule has 4 nitrogen and oxygen atoms in total. The molecule has 1 fully saturated rings. The number of aliphatic hydroxyl groups excluding tert-OH is 1. The molecule has 0 bridgehead atoms. The van der Waals surface area contributed by atoms with Gasteiger partial charge in [-0.05, 0) is 36.5 Å². The average molecular weight is 330 g/mol. The number of benzene rings is 1. The van der Waals surface area contributed by atoms with Crippen molar-refractivity contribution in [2.75, 3.05) is 31.3 Å². The highest BCUT2D eigenvalue weighted by Crippen LogP contribution is 2.30. The first kappa shape index (κ1) is 16.6. The van der Waals surface area contributed by atoms with Crippen LogP contribution in [0, 0.1) is 0 Å². The van der Waals surface area contributed by atoms with Gasteiger partial charge in [-0.2, -0.15) is 11.8 Å². The first-order valence-corrected chi connectivity index (χ1v) is 8.55. The Morgan fingerprint density at radius 3 is 2.76 bits per heavy atom. The third-order valence-electron chi connectivity index (χ3n) is 3.59. The number of carbonyl (C=O) groups excluding carboxylic acids is 1. The fourth-order valence-electron chi connectivity index (χ4n) is 2.36. The molecule has 116 valence electrons. The van der Waals surface area contributed by atoms with Crippen molar-refractivity contribution in [3.63, 3.8) is 0 Å². The van der Waals surface area contributed by atoms with Gasteiger partial charge in [0.25, 0.3) is 5.91 Å². The van der Waals surface area contributed by atoms with Gasteiger partial charge < -0.3 is 15.2 Å². The molecule has 1 heterocycles. The van der Waals surface area contributed by atoms with E-state index in [4.69, 9.17) is 21.4 Å². The Bertz CT molecular complexity index is 478. The Kier molecular flexibility index (Phi) is 6.36.